The number of aliphatic carboxylic acids is 1. The molecule has 0 aliphatic carbocycles. The molecule has 6 nitrogen and oxygen atoms in total. The number of thiazole rings is 1. The third-order valence-electron chi connectivity index (χ3n) is 4.14. The van der Waals surface area contributed by atoms with E-state index in [0.717, 1.165) is 53.2 Å². The van der Waals surface area contributed by atoms with E-state index in [4.69, 9.17) is 9.72 Å². The van der Waals surface area contributed by atoms with E-state index in [-0.39, 0.29) is 6.42 Å². The lowest BCUT2D eigenvalue weighted by atomic mass is 10.1. The van der Waals surface area contributed by atoms with E-state index in [0.29, 0.717) is 0 Å². The standard InChI is InChI=1S/C17H21N3O3S/c1-19-7-9-20(10-8-19)17-18-16(14(24-17)11-15(21)22)12-3-5-13(23-2)6-4-12/h3-6H,7-11H2,1-2H3,(H,21,22). The van der Waals surface area contributed by atoms with Crippen molar-refractivity contribution in [2.75, 3.05) is 45.2 Å². The molecule has 128 valence electrons. The Morgan fingerprint density at radius 3 is 2.50 bits per heavy atom. The molecule has 2 aromatic rings. The Balaban J connectivity index is 1.92. The van der Waals surface area contributed by atoms with E-state index in [1.807, 2.05) is 24.3 Å². The maximum atomic E-state index is 11.2. The molecule has 0 atom stereocenters. The molecule has 7 heteroatoms. The first-order valence-corrected chi connectivity index (χ1v) is 8.68. The lowest BCUT2D eigenvalue weighted by molar-refractivity contribution is -0.136. The van der Waals surface area contributed by atoms with Crippen LogP contribution in [0.15, 0.2) is 24.3 Å². The zero-order chi connectivity index (χ0) is 17.1. The maximum absolute atomic E-state index is 11.2. The van der Waals surface area contributed by atoms with Crippen LogP contribution in [0.3, 0.4) is 0 Å². The molecule has 0 spiro atoms. The molecule has 1 N–H and O–H groups in total. The van der Waals surface area contributed by atoms with E-state index < -0.39 is 5.97 Å². The molecule has 1 aliphatic heterocycles. The van der Waals surface area contributed by atoms with E-state index in [9.17, 15) is 9.90 Å². The largest absolute Gasteiger partial charge is 0.497 e. The van der Waals surface area contributed by atoms with Gasteiger partial charge in [0.2, 0.25) is 0 Å². The minimum atomic E-state index is -0.835. The molecule has 0 saturated carbocycles. The summed E-state index contributed by atoms with van der Waals surface area (Å²) in [6, 6.07) is 7.59. The summed E-state index contributed by atoms with van der Waals surface area (Å²) >= 11 is 1.48. The number of hydrogen-bond donors (Lipinski definition) is 1. The Hall–Kier alpha value is -2.12. The Kier molecular flexibility index (Phi) is 5.01. The molecule has 1 aromatic carbocycles. The fraction of sp³-hybridized carbons (Fsp3) is 0.412. The number of nitrogens with zero attached hydrogens (tertiary/aromatic N) is 3. The van der Waals surface area contributed by atoms with Crippen molar-refractivity contribution in [2.45, 2.75) is 6.42 Å². The van der Waals surface area contributed by atoms with E-state index >= 15 is 0 Å². The van der Waals surface area contributed by atoms with Crippen LogP contribution in [0.2, 0.25) is 0 Å². The van der Waals surface area contributed by atoms with E-state index in [1.54, 1.807) is 7.11 Å². The van der Waals surface area contributed by atoms with Gasteiger partial charge in [-0.1, -0.05) is 0 Å². The average Bonchev–Trinajstić information content (AvgIpc) is 2.98. The number of carboxylic acids is 1. The third kappa shape index (κ3) is 3.68. The van der Waals surface area contributed by atoms with Crippen LogP contribution in [0.5, 0.6) is 5.75 Å². The molecule has 0 amide bonds. The molecule has 1 saturated heterocycles. The van der Waals surface area contributed by atoms with Gasteiger partial charge in [-0.25, -0.2) is 4.98 Å². The molecular weight excluding hydrogens is 326 g/mol. The van der Waals surface area contributed by atoms with Crippen molar-refractivity contribution in [1.82, 2.24) is 9.88 Å². The van der Waals surface area contributed by atoms with Gasteiger partial charge in [-0.05, 0) is 31.3 Å². The second-order valence-corrected chi connectivity index (χ2v) is 6.92. The summed E-state index contributed by atoms with van der Waals surface area (Å²) in [7, 11) is 3.73. The van der Waals surface area contributed by atoms with Crippen molar-refractivity contribution in [2.24, 2.45) is 0 Å². The molecule has 1 aliphatic rings. The Labute approximate surface area is 145 Å². The first-order valence-electron chi connectivity index (χ1n) is 7.86. The highest BCUT2D eigenvalue weighted by atomic mass is 32.1. The number of carboxylic acid groups (broad SMARTS) is 1. The zero-order valence-electron chi connectivity index (χ0n) is 13.9. The highest BCUT2D eigenvalue weighted by molar-refractivity contribution is 7.16. The summed E-state index contributed by atoms with van der Waals surface area (Å²) in [6.45, 7) is 3.81. The van der Waals surface area contributed by atoms with Crippen LogP contribution >= 0.6 is 11.3 Å². The molecule has 0 bridgehead atoms. The molecule has 0 radical (unpaired) electrons. The molecule has 2 heterocycles. The van der Waals surface area contributed by atoms with Crippen LogP contribution in [-0.4, -0.2) is 61.3 Å². The van der Waals surface area contributed by atoms with E-state index in [2.05, 4.69) is 16.8 Å². The molecular formula is C17H21N3O3S. The third-order valence-corrected chi connectivity index (χ3v) is 5.25. The van der Waals surface area contributed by atoms with Gasteiger partial charge in [0.1, 0.15) is 5.75 Å². The van der Waals surface area contributed by atoms with Gasteiger partial charge in [0.05, 0.1) is 19.2 Å². The van der Waals surface area contributed by atoms with Crippen molar-refractivity contribution < 1.29 is 14.6 Å². The predicted molar refractivity (Wildman–Crippen MR) is 95.2 cm³/mol. The number of aromatic nitrogens is 1. The summed E-state index contributed by atoms with van der Waals surface area (Å²) in [6.07, 6.45) is -0.00717. The van der Waals surface area contributed by atoms with Gasteiger partial charge in [0.15, 0.2) is 5.13 Å². The SMILES string of the molecule is COc1ccc(-c2nc(N3CCN(C)CC3)sc2CC(=O)O)cc1. The summed E-state index contributed by atoms with van der Waals surface area (Å²) in [5, 5.41) is 10.1. The summed E-state index contributed by atoms with van der Waals surface area (Å²) in [5.74, 6) is -0.0635. The number of methoxy groups -OCH3 is 1. The Morgan fingerprint density at radius 1 is 1.25 bits per heavy atom. The fourth-order valence-corrected chi connectivity index (χ4v) is 3.83. The Bertz CT molecular complexity index is 706. The molecule has 3 rings (SSSR count). The number of ether oxygens (including phenoxy) is 1. The minimum absolute atomic E-state index is 0.00717. The number of carbonyl (C=O) groups is 1. The van der Waals surface area contributed by atoms with Crippen LogP contribution in [0.1, 0.15) is 4.88 Å². The lowest BCUT2D eigenvalue weighted by Crippen LogP contribution is -2.44. The van der Waals surface area contributed by atoms with Crippen LogP contribution in [0, 0.1) is 0 Å². The second-order valence-electron chi connectivity index (χ2n) is 5.86. The van der Waals surface area contributed by atoms with Crippen molar-refractivity contribution in [1.29, 1.82) is 0 Å². The molecule has 0 unspecified atom stereocenters. The number of hydrogen-bond acceptors (Lipinski definition) is 6. The van der Waals surface area contributed by atoms with Crippen molar-refractivity contribution >= 4 is 22.4 Å². The molecule has 1 aromatic heterocycles. The van der Waals surface area contributed by atoms with E-state index in [1.165, 1.54) is 11.3 Å². The van der Waals surface area contributed by atoms with Crippen LogP contribution < -0.4 is 9.64 Å². The van der Waals surface area contributed by atoms with Gasteiger partial charge in [-0.2, -0.15) is 0 Å². The van der Waals surface area contributed by atoms with Gasteiger partial charge in [-0.15, -0.1) is 11.3 Å². The number of benzene rings is 1. The topological polar surface area (TPSA) is 65.9 Å². The maximum Gasteiger partial charge on any atom is 0.308 e. The van der Waals surface area contributed by atoms with Crippen LogP contribution in [-0.2, 0) is 11.2 Å². The highest BCUT2D eigenvalue weighted by Crippen LogP contribution is 2.34. The first kappa shape index (κ1) is 16.7. The van der Waals surface area contributed by atoms with Crippen molar-refractivity contribution in [3.63, 3.8) is 0 Å². The normalized spacial score (nSPS) is 15.5. The summed E-state index contributed by atoms with van der Waals surface area (Å²) < 4.78 is 5.19. The zero-order valence-corrected chi connectivity index (χ0v) is 14.7. The number of anilines is 1. The van der Waals surface area contributed by atoms with Crippen molar-refractivity contribution in [3.05, 3.63) is 29.1 Å². The second kappa shape index (κ2) is 7.19. The summed E-state index contributed by atoms with van der Waals surface area (Å²) in [5.41, 5.74) is 1.68. The van der Waals surface area contributed by atoms with Gasteiger partial charge in [-0.3, -0.25) is 4.79 Å². The monoisotopic (exact) mass is 347 g/mol. The summed E-state index contributed by atoms with van der Waals surface area (Å²) in [4.78, 5) is 21.3. The minimum Gasteiger partial charge on any atom is -0.497 e. The Morgan fingerprint density at radius 2 is 1.92 bits per heavy atom. The van der Waals surface area contributed by atoms with Crippen LogP contribution in [0.4, 0.5) is 5.13 Å². The molecule has 24 heavy (non-hydrogen) atoms. The highest BCUT2D eigenvalue weighted by Gasteiger charge is 2.21. The lowest BCUT2D eigenvalue weighted by Gasteiger charge is -2.32. The fourth-order valence-electron chi connectivity index (χ4n) is 2.70. The quantitative estimate of drug-likeness (QED) is 0.894. The first-order chi connectivity index (χ1) is 11.6. The number of piperazine rings is 1. The van der Waals surface area contributed by atoms with Crippen molar-refractivity contribution in [3.8, 4) is 17.0 Å². The average molecular weight is 347 g/mol. The molecule has 1 fully saturated rings. The number of likely N-dealkylation sites (N-methyl/N-ethyl adjacent to an activating group) is 1. The van der Waals surface area contributed by atoms with Gasteiger partial charge in [0, 0.05) is 36.6 Å². The van der Waals surface area contributed by atoms with Gasteiger partial charge >= 0.3 is 5.97 Å². The van der Waals surface area contributed by atoms with Gasteiger partial charge in [0.25, 0.3) is 0 Å². The predicted octanol–water partition coefficient (Wildman–Crippen LogP) is 2.20. The van der Waals surface area contributed by atoms with Gasteiger partial charge < -0.3 is 19.6 Å². The van der Waals surface area contributed by atoms with Crippen LogP contribution in [0.25, 0.3) is 11.3 Å². The smallest absolute Gasteiger partial charge is 0.308 e. The number of rotatable bonds is 5.